The molecule has 0 amide bonds. The number of unbranched alkanes of at least 4 members (excludes halogenated alkanes) is 1. The maximum Gasteiger partial charge on any atom is 0.248 e. The van der Waals surface area contributed by atoms with E-state index in [1.807, 2.05) is 24.3 Å². The quantitative estimate of drug-likeness (QED) is 0.768. The van der Waals surface area contributed by atoms with Crippen LogP contribution in [0.25, 0.3) is 10.9 Å². The summed E-state index contributed by atoms with van der Waals surface area (Å²) >= 11 is 0. The van der Waals surface area contributed by atoms with Gasteiger partial charge in [-0.2, -0.15) is 0 Å². The summed E-state index contributed by atoms with van der Waals surface area (Å²) in [5.41, 5.74) is 1.89. The topological polar surface area (TPSA) is 53.1 Å². The normalized spacial score (nSPS) is 10.8. The van der Waals surface area contributed by atoms with Gasteiger partial charge in [-0.1, -0.05) is 18.2 Å². The number of hydrogen-bond acceptors (Lipinski definition) is 2. The Balaban J connectivity index is 2.38. The Kier molecular flexibility index (Phi) is 3.37. The number of rotatable bonds is 4. The first-order chi connectivity index (χ1) is 7.81. The Morgan fingerprint density at radius 3 is 2.81 bits per heavy atom. The van der Waals surface area contributed by atoms with Crippen molar-refractivity contribution in [3.63, 3.8) is 0 Å². The monoisotopic (exact) mass is 217 g/mol. The number of aryl methyl sites for hydroxylation is 1. The average molecular weight is 217 g/mol. The molecule has 0 aliphatic rings. The Labute approximate surface area is 93.7 Å². The highest BCUT2D eigenvalue weighted by Crippen LogP contribution is 2.16. The van der Waals surface area contributed by atoms with Crippen molar-refractivity contribution in [3.05, 3.63) is 46.2 Å². The van der Waals surface area contributed by atoms with Gasteiger partial charge in [0.1, 0.15) is 0 Å². The highest BCUT2D eigenvalue weighted by molar-refractivity contribution is 5.81. The number of benzene rings is 1. The number of aliphatic hydroxyl groups is 1. The van der Waals surface area contributed by atoms with Crippen LogP contribution in [0.4, 0.5) is 0 Å². The third-order valence-corrected chi connectivity index (χ3v) is 2.69. The minimum Gasteiger partial charge on any atom is -0.396 e. The van der Waals surface area contributed by atoms with Gasteiger partial charge >= 0.3 is 0 Å². The molecule has 0 fully saturated rings. The van der Waals surface area contributed by atoms with Crippen molar-refractivity contribution in [2.75, 3.05) is 6.61 Å². The van der Waals surface area contributed by atoms with Gasteiger partial charge in [0.15, 0.2) is 0 Å². The van der Waals surface area contributed by atoms with Crippen LogP contribution in [0.2, 0.25) is 0 Å². The van der Waals surface area contributed by atoms with E-state index in [0.29, 0.717) is 0 Å². The summed E-state index contributed by atoms with van der Waals surface area (Å²) in [6.45, 7) is 0.209. The molecule has 16 heavy (non-hydrogen) atoms. The highest BCUT2D eigenvalue weighted by atomic mass is 16.2. The number of hydrogen-bond donors (Lipinski definition) is 2. The zero-order chi connectivity index (χ0) is 11.4. The van der Waals surface area contributed by atoms with Gasteiger partial charge in [0.25, 0.3) is 0 Å². The van der Waals surface area contributed by atoms with Gasteiger partial charge in [-0.3, -0.25) is 4.79 Å². The molecule has 0 saturated carbocycles. The molecule has 3 nitrogen and oxygen atoms in total. The fourth-order valence-electron chi connectivity index (χ4n) is 1.91. The molecule has 0 unspecified atom stereocenters. The van der Waals surface area contributed by atoms with E-state index < -0.39 is 0 Å². The number of pyridine rings is 1. The van der Waals surface area contributed by atoms with Gasteiger partial charge in [-0.15, -0.1) is 0 Å². The molecular formula is C13H15NO2. The van der Waals surface area contributed by atoms with E-state index in [-0.39, 0.29) is 12.2 Å². The molecule has 3 heteroatoms. The summed E-state index contributed by atoms with van der Waals surface area (Å²) < 4.78 is 0. The van der Waals surface area contributed by atoms with E-state index >= 15 is 0 Å². The molecular weight excluding hydrogens is 202 g/mol. The highest BCUT2D eigenvalue weighted by Gasteiger charge is 2.02. The van der Waals surface area contributed by atoms with Crippen molar-refractivity contribution in [1.82, 2.24) is 4.98 Å². The van der Waals surface area contributed by atoms with Gasteiger partial charge < -0.3 is 10.1 Å². The van der Waals surface area contributed by atoms with Crippen LogP contribution >= 0.6 is 0 Å². The van der Waals surface area contributed by atoms with Crippen LogP contribution in [0, 0.1) is 0 Å². The first-order valence-electron chi connectivity index (χ1n) is 5.53. The van der Waals surface area contributed by atoms with Crippen molar-refractivity contribution in [2.45, 2.75) is 19.3 Å². The zero-order valence-electron chi connectivity index (χ0n) is 9.07. The van der Waals surface area contributed by atoms with E-state index in [4.69, 9.17) is 5.11 Å². The third-order valence-electron chi connectivity index (χ3n) is 2.69. The van der Waals surface area contributed by atoms with E-state index in [1.54, 1.807) is 6.07 Å². The smallest absolute Gasteiger partial charge is 0.248 e. The molecule has 1 heterocycles. The van der Waals surface area contributed by atoms with Gasteiger partial charge in [0.2, 0.25) is 5.56 Å². The van der Waals surface area contributed by atoms with Crippen molar-refractivity contribution < 1.29 is 5.11 Å². The van der Waals surface area contributed by atoms with Crippen LogP contribution in [-0.2, 0) is 6.42 Å². The lowest BCUT2D eigenvalue weighted by molar-refractivity contribution is 0.284. The summed E-state index contributed by atoms with van der Waals surface area (Å²) in [4.78, 5) is 14.2. The number of nitrogens with one attached hydrogen (secondary N) is 1. The molecule has 2 rings (SSSR count). The maximum atomic E-state index is 11.4. The summed E-state index contributed by atoms with van der Waals surface area (Å²) in [5, 5.41) is 9.84. The predicted octanol–water partition coefficient (Wildman–Crippen LogP) is 1.84. The van der Waals surface area contributed by atoms with E-state index in [2.05, 4.69) is 4.98 Å². The van der Waals surface area contributed by atoms with Crippen LogP contribution in [0.3, 0.4) is 0 Å². The second kappa shape index (κ2) is 4.94. The second-order valence-corrected chi connectivity index (χ2v) is 3.89. The van der Waals surface area contributed by atoms with Crippen molar-refractivity contribution in [2.24, 2.45) is 0 Å². The lowest BCUT2D eigenvalue weighted by Gasteiger charge is -2.05. The summed E-state index contributed by atoms with van der Waals surface area (Å²) in [5.74, 6) is 0. The van der Waals surface area contributed by atoms with Crippen LogP contribution in [0.15, 0.2) is 35.1 Å². The number of para-hydroxylation sites is 1. The lowest BCUT2D eigenvalue weighted by Crippen LogP contribution is -2.06. The fraction of sp³-hybridized carbons (Fsp3) is 0.308. The Hall–Kier alpha value is -1.61. The van der Waals surface area contributed by atoms with Crippen LogP contribution < -0.4 is 5.56 Å². The molecule has 0 radical (unpaired) electrons. The number of fused-ring (bicyclic) bond motifs is 1. The number of aliphatic hydroxyl groups excluding tert-OH is 1. The molecule has 0 aliphatic carbocycles. The van der Waals surface area contributed by atoms with Crippen LogP contribution in [0.1, 0.15) is 18.4 Å². The SMILES string of the molecule is O=c1cc(CCCCO)c2ccccc2[nH]1. The molecule has 2 aromatic rings. The van der Waals surface area contributed by atoms with Crippen molar-refractivity contribution >= 4 is 10.9 Å². The molecule has 0 bridgehead atoms. The number of aromatic nitrogens is 1. The number of H-pyrrole nitrogens is 1. The Morgan fingerprint density at radius 1 is 1.19 bits per heavy atom. The van der Waals surface area contributed by atoms with E-state index in [0.717, 1.165) is 35.7 Å². The molecule has 84 valence electrons. The molecule has 0 spiro atoms. The van der Waals surface area contributed by atoms with Gasteiger partial charge in [-0.25, -0.2) is 0 Å². The largest absolute Gasteiger partial charge is 0.396 e. The molecule has 1 aromatic carbocycles. The standard InChI is InChI=1S/C13H15NO2/c15-8-4-3-5-10-9-13(16)14-12-7-2-1-6-11(10)12/h1-2,6-7,9,15H,3-5,8H2,(H,14,16). The lowest BCUT2D eigenvalue weighted by atomic mass is 10.0. The molecule has 1 aromatic heterocycles. The third kappa shape index (κ3) is 2.31. The van der Waals surface area contributed by atoms with Gasteiger partial charge in [0, 0.05) is 23.6 Å². The molecule has 0 atom stereocenters. The predicted molar refractivity (Wildman–Crippen MR) is 64.6 cm³/mol. The molecule has 0 aliphatic heterocycles. The fourth-order valence-corrected chi connectivity index (χ4v) is 1.91. The molecule has 0 saturated heterocycles. The van der Waals surface area contributed by atoms with Gasteiger partial charge in [-0.05, 0) is 30.9 Å². The van der Waals surface area contributed by atoms with Crippen LogP contribution in [-0.4, -0.2) is 16.7 Å². The average Bonchev–Trinajstić information content (AvgIpc) is 2.29. The molecule has 2 N–H and O–H groups in total. The summed E-state index contributed by atoms with van der Waals surface area (Å²) in [6.07, 6.45) is 2.52. The second-order valence-electron chi connectivity index (χ2n) is 3.89. The summed E-state index contributed by atoms with van der Waals surface area (Å²) in [6, 6.07) is 9.46. The van der Waals surface area contributed by atoms with Crippen molar-refractivity contribution in [3.8, 4) is 0 Å². The Bertz CT molecular complexity index is 531. The van der Waals surface area contributed by atoms with Gasteiger partial charge in [0.05, 0.1) is 0 Å². The van der Waals surface area contributed by atoms with E-state index in [1.165, 1.54) is 0 Å². The van der Waals surface area contributed by atoms with E-state index in [9.17, 15) is 4.79 Å². The zero-order valence-corrected chi connectivity index (χ0v) is 9.07. The minimum atomic E-state index is -0.0577. The maximum absolute atomic E-state index is 11.4. The first-order valence-corrected chi connectivity index (χ1v) is 5.53. The Morgan fingerprint density at radius 2 is 2.00 bits per heavy atom. The number of aromatic amines is 1. The summed E-state index contributed by atoms with van der Waals surface area (Å²) in [7, 11) is 0. The van der Waals surface area contributed by atoms with Crippen LogP contribution in [0.5, 0.6) is 0 Å². The minimum absolute atomic E-state index is 0.0577. The van der Waals surface area contributed by atoms with Crippen molar-refractivity contribution in [1.29, 1.82) is 0 Å². The first kappa shape index (κ1) is 10.9.